The number of hydrogen-bond acceptors (Lipinski definition) is 3. The molecule has 0 heterocycles. The van der Waals surface area contributed by atoms with Crippen LogP contribution in [0.5, 0.6) is 0 Å². The summed E-state index contributed by atoms with van der Waals surface area (Å²) in [6, 6.07) is 4.46. The fraction of sp³-hybridized carbons (Fsp3) is 0.500. The van der Waals surface area contributed by atoms with Crippen LogP contribution in [0.1, 0.15) is 48.9 Å². The van der Waals surface area contributed by atoms with Crippen molar-refractivity contribution in [3.05, 3.63) is 28.2 Å². The lowest BCUT2D eigenvalue weighted by Gasteiger charge is -2.16. The van der Waals surface area contributed by atoms with Crippen molar-refractivity contribution >= 4 is 31.9 Å². The molecule has 3 N–H and O–H groups in total. The molecule has 2 rings (SSSR count). The lowest BCUT2D eigenvalue weighted by Crippen LogP contribution is -2.34. The number of hydrogen-bond donors (Lipinski definition) is 2. The normalized spacial score (nSPS) is 17.2. The lowest BCUT2D eigenvalue weighted by atomic mass is 10.1. The Morgan fingerprint density at radius 3 is 2.33 bits per heavy atom. The molecule has 1 aliphatic carbocycles. The van der Waals surface area contributed by atoms with Gasteiger partial charge >= 0.3 is 0 Å². The topological polar surface area (TPSA) is 89.3 Å². The Morgan fingerprint density at radius 2 is 1.76 bits per heavy atom. The van der Waals surface area contributed by atoms with Crippen molar-refractivity contribution in [2.75, 3.05) is 0 Å². The summed E-state index contributed by atoms with van der Waals surface area (Å²) in [4.78, 5) is 12.2. The summed E-state index contributed by atoms with van der Waals surface area (Å²) in [6.45, 7) is 0. The molecule has 0 spiro atoms. The van der Waals surface area contributed by atoms with E-state index < -0.39 is 10.0 Å². The van der Waals surface area contributed by atoms with E-state index in [2.05, 4.69) is 21.2 Å². The summed E-state index contributed by atoms with van der Waals surface area (Å²) >= 11 is 3.21. The third-order valence-corrected chi connectivity index (χ3v) is 5.00. The van der Waals surface area contributed by atoms with Gasteiger partial charge in [0.15, 0.2) is 0 Å². The minimum Gasteiger partial charge on any atom is -0.349 e. The number of sulfonamides is 1. The molecule has 1 aromatic carbocycles. The Morgan fingerprint density at radius 1 is 1.14 bits per heavy atom. The molecule has 0 radical (unpaired) electrons. The fourth-order valence-corrected chi connectivity index (χ4v) is 3.78. The van der Waals surface area contributed by atoms with E-state index in [0.29, 0.717) is 10.0 Å². The van der Waals surface area contributed by atoms with Crippen LogP contribution in [0, 0.1) is 0 Å². The molecule has 1 aliphatic rings. The molecular weight excluding hydrogens is 356 g/mol. The number of primary sulfonamides is 1. The molecule has 0 atom stereocenters. The van der Waals surface area contributed by atoms with E-state index in [1.54, 1.807) is 6.07 Å². The van der Waals surface area contributed by atoms with E-state index in [4.69, 9.17) is 5.14 Å². The van der Waals surface area contributed by atoms with Crippen molar-refractivity contribution in [3.8, 4) is 0 Å². The third kappa shape index (κ3) is 4.79. The Bertz CT molecular complexity index is 623. The van der Waals surface area contributed by atoms with Gasteiger partial charge in [-0.1, -0.05) is 41.6 Å². The monoisotopic (exact) mass is 374 g/mol. The Hall–Kier alpha value is -0.920. The number of carbonyl (C=O) groups excluding carboxylic acids is 1. The molecule has 7 heteroatoms. The van der Waals surface area contributed by atoms with Gasteiger partial charge in [-0.3, -0.25) is 4.79 Å². The van der Waals surface area contributed by atoms with Crippen LogP contribution < -0.4 is 10.5 Å². The molecule has 1 aromatic rings. The quantitative estimate of drug-likeness (QED) is 0.796. The van der Waals surface area contributed by atoms with Crippen LogP contribution in [0.15, 0.2) is 27.6 Å². The van der Waals surface area contributed by atoms with E-state index >= 15 is 0 Å². The van der Waals surface area contributed by atoms with Gasteiger partial charge in [-0.05, 0) is 31.0 Å². The van der Waals surface area contributed by atoms with Crippen LogP contribution in [-0.4, -0.2) is 20.4 Å². The van der Waals surface area contributed by atoms with Crippen LogP contribution in [0.2, 0.25) is 0 Å². The molecule has 1 saturated carbocycles. The zero-order valence-corrected chi connectivity index (χ0v) is 14.0. The van der Waals surface area contributed by atoms with Crippen molar-refractivity contribution in [3.63, 3.8) is 0 Å². The van der Waals surface area contributed by atoms with E-state index in [0.717, 1.165) is 25.7 Å². The highest BCUT2D eigenvalue weighted by Crippen LogP contribution is 2.21. The van der Waals surface area contributed by atoms with Crippen LogP contribution in [0.25, 0.3) is 0 Å². The van der Waals surface area contributed by atoms with Gasteiger partial charge in [0.1, 0.15) is 0 Å². The summed E-state index contributed by atoms with van der Waals surface area (Å²) in [5.41, 5.74) is 0.303. The van der Waals surface area contributed by atoms with Crippen LogP contribution in [-0.2, 0) is 10.0 Å². The van der Waals surface area contributed by atoms with Gasteiger partial charge in [-0.2, -0.15) is 0 Å². The van der Waals surface area contributed by atoms with Gasteiger partial charge in [-0.15, -0.1) is 0 Å². The maximum atomic E-state index is 12.3. The average molecular weight is 375 g/mol. The average Bonchev–Trinajstić information content (AvgIpc) is 2.65. The van der Waals surface area contributed by atoms with Gasteiger partial charge in [0.25, 0.3) is 5.91 Å². The van der Waals surface area contributed by atoms with Crippen LogP contribution in [0.4, 0.5) is 0 Å². The van der Waals surface area contributed by atoms with Gasteiger partial charge in [0.2, 0.25) is 10.0 Å². The number of amides is 1. The number of carbonyl (C=O) groups is 1. The van der Waals surface area contributed by atoms with E-state index in [1.165, 1.54) is 25.0 Å². The summed E-state index contributed by atoms with van der Waals surface area (Å²) in [7, 11) is -3.83. The fourth-order valence-electron chi connectivity index (χ4n) is 2.55. The molecule has 21 heavy (non-hydrogen) atoms. The molecule has 0 bridgehead atoms. The lowest BCUT2D eigenvalue weighted by molar-refractivity contribution is 0.0933. The van der Waals surface area contributed by atoms with Gasteiger partial charge in [-0.25, -0.2) is 13.6 Å². The smallest absolute Gasteiger partial charge is 0.251 e. The third-order valence-electron chi connectivity index (χ3n) is 3.65. The largest absolute Gasteiger partial charge is 0.349 e. The van der Waals surface area contributed by atoms with Crippen LogP contribution in [0.3, 0.4) is 0 Å². The molecule has 116 valence electrons. The zero-order valence-electron chi connectivity index (χ0n) is 11.6. The summed E-state index contributed by atoms with van der Waals surface area (Å²) < 4.78 is 23.4. The second-order valence-electron chi connectivity index (χ2n) is 5.38. The number of nitrogens with one attached hydrogen (secondary N) is 1. The number of rotatable bonds is 3. The van der Waals surface area contributed by atoms with Gasteiger partial charge in [0.05, 0.1) is 4.90 Å². The second-order valence-corrected chi connectivity index (χ2v) is 7.86. The molecule has 0 unspecified atom stereocenters. The van der Waals surface area contributed by atoms with Crippen molar-refractivity contribution in [1.82, 2.24) is 5.32 Å². The van der Waals surface area contributed by atoms with Crippen molar-refractivity contribution in [2.24, 2.45) is 5.14 Å². The highest BCUT2D eigenvalue weighted by molar-refractivity contribution is 9.10. The molecule has 1 fully saturated rings. The Kier molecular flexibility index (Phi) is 5.40. The van der Waals surface area contributed by atoms with E-state index in [9.17, 15) is 13.2 Å². The van der Waals surface area contributed by atoms with Crippen molar-refractivity contribution in [2.45, 2.75) is 49.5 Å². The number of nitrogens with two attached hydrogens (primary N) is 1. The number of benzene rings is 1. The summed E-state index contributed by atoms with van der Waals surface area (Å²) in [5, 5.41) is 8.10. The SMILES string of the molecule is NS(=O)(=O)c1cc(Br)cc(C(=O)NC2CCCCCC2)c1. The first-order chi connectivity index (χ1) is 9.86. The van der Waals surface area contributed by atoms with Crippen molar-refractivity contribution in [1.29, 1.82) is 0 Å². The minimum atomic E-state index is -3.83. The maximum Gasteiger partial charge on any atom is 0.251 e. The van der Waals surface area contributed by atoms with Gasteiger partial charge < -0.3 is 5.32 Å². The highest BCUT2D eigenvalue weighted by Gasteiger charge is 2.18. The number of halogens is 1. The highest BCUT2D eigenvalue weighted by atomic mass is 79.9. The predicted molar refractivity (Wildman–Crippen MR) is 84.5 cm³/mol. The first-order valence-corrected chi connectivity index (χ1v) is 9.34. The Balaban J connectivity index is 2.17. The van der Waals surface area contributed by atoms with Gasteiger partial charge in [0, 0.05) is 16.1 Å². The van der Waals surface area contributed by atoms with E-state index in [1.807, 2.05) is 0 Å². The van der Waals surface area contributed by atoms with Crippen molar-refractivity contribution < 1.29 is 13.2 Å². The summed E-state index contributed by atoms with van der Waals surface area (Å²) in [5.74, 6) is -0.256. The van der Waals surface area contributed by atoms with E-state index in [-0.39, 0.29) is 16.8 Å². The molecule has 0 aromatic heterocycles. The summed E-state index contributed by atoms with van der Waals surface area (Å²) in [6.07, 6.45) is 6.60. The second kappa shape index (κ2) is 6.89. The predicted octanol–water partition coefficient (Wildman–Crippen LogP) is 2.55. The molecular formula is C14H19BrN2O3S. The standard InChI is InChI=1S/C14H19BrN2O3S/c15-11-7-10(8-13(9-11)21(16,19)20)14(18)17-12-5-3-1-2-4-6-12/h7-9,12H,1-6H2,(H,17,18)(H2,16,19,20). The minimum absolute atomic E-state index is 0.0668. The Labute approximate surface area is 133 Å². The van der Waals surface area contributed by atoms with Crippen LogP contribution >= 0.6 is 15.9 Å². The molecule has 0 saturated heterocycles. The molecule has 5 nitrogen and oxygen atoms in total. The maximum absolute atomic E-state index is 12.3. The zero-order chi connectivity index (χ0) is 15.5. The first kappa shape index (κ1) is 16.5. The first-order valence-electron chi connectivity index (χ1n) is 7.00. The molecule has 0 aliphatic heterocycles. The molecule has 1 amide bonds.